The number of hydrogen-bond acceptors (Lipinski definition) is 5. The third-order valence-electron chi connectivity index (χ3n) is 5.16. The van der Waals surface area contributed by atoms with Gasteiger partial charge in [-0.05, 0) is 31.2 Å². The molecular formula is C21H25BrF2N4O3. The average Bonchev–Trinajstić information content (AvgIpc) is 2.70. The molecule has 168 valence electrons. The van der Waals surface area contributed by atoms with Crippen LogP contribution in [0.2, 0.25) is 0 Å². The Kier molecular flexibility index (Phi) is 7.13. The van der Waals surface area contributed by atoms with E-state index in [1.54, 1.807) is 6.07 Å². The van der Waals surface area contributed by atoms with Crippen molar-refractivity contribution in [2.24, 2.45) is 7.05 Å². The third kappa shape index (κ3) is 5.13. The molecule has 1 aliphatic rings. The number of rotatable bonds is 8. The molecule has 7 nitrogen and oxygen atoms in total. The molecule has 3 rings (SSSR count). The number of β-amino-alcohol motifs (C(OH)–C–C–N with tert-alkyl or cyclic N) is 1. The van der Waals surface area contributed by atoms with Crippen molar-refractivity contribution in [1.82, 2.24) is 14.8 Å². The number of halogens is 3. The Morgan fingerprint density at radius 2 is 2.03 bits per heavy atom. The lowest BCUT2D eigenvalue weighted by Crippen LogP contribution is -2.67. The van der Waals surface area contributed by atoms with E-state index >= 15 is 0 Å². The Bertz CT molecular complexity index is 1040. The van der Waals surface area contributed by atoms with Gasteiger partial charge in [-0.25, -0.2) is 4.39 Å². The van der Waals surface area contributed by atoms with Crippen molar-refractivity contribution in [3.05, 3.63) is 56.4 Å². The summed E-state index contributed by atoms with van der Waals surface area (Å²) in [6.07, 6.45) is 3.23. The molecule has 1 saturated heterocycles. The molecule has 3 N–H and O–H groups in total. The van der Waals surface area contributed by atoms with Crippen LogP contribution in [0.1, 0.15) is 30.1 Å². The average molecular weight is 499 g/mol. The number of anilines is 2. The van der Waals surface area contributed by atoms with Crippen molar-refractivity contribution in [1.29, 1.82) is 0 Å². The highest BCUT2D eigenvalue weighted by molar-refractivity contribution is 9.10. The van der Waals surface area contributed by atoms with Gasteiger partial charge in [-0.2, -0.15) is 4.39 Å². The predicted octanol–water partition coefficient (Wildman–Crippen LogP) is 2.75. The molecule has 1 aliphatic heterocycles. The van der Waals surface area contributed by atoms with Crippen molar-refractivity contribution < 1.29 is 18.7 Å². The van der Waals surface area contributed by atoms with E-state index in [4.69, 9.17) is 0 Å². The molecule has 0 radical (unpaired) electrons. The van der Waals surface area contributed by atoms with Crippen molar-refractivity contribution in [3.8, 4) is 0 Å². The number of nitrogens with one attached hydrogen (secondary N) is 2. The van der Waals surface area contributed by atoms with Crippen LogP contribution >= 0.6 is 15.9 Å². The highest BCUT2D eigenvalue weighted by Crippen LogP contribution is 2.29. The Morgan fingerprint density at radius 3 is 2.68 bits per heavy atom. The highest BCUT2D eigenvalue weighted by Gasteiger charge is 2.44. The first-order valence-electron chi connectivity index (χ1n) is 9.99. The lowest BCUT2D eigenvalue weighted by atomic mass is 9.93. The summed E-state index contributed by atoms with van der Waals surface area (Å²) in [6.45, 7) is 3.32. The first kappa shape index (κ1) is 23.4. The van der Waals surface area contributed by atoms with Gasteiger partial charge in [-0.3, -0.25) is 9.59 Å². The van der Waals surface area contributed by atoms with Crippen LogP contribution in [0.5, 0.6) is 0 Å². The number of pyridine rings is 1. The maximum absolute atomic E-state index is 14.8. The number of aliphatic hydroxyl groups is 1. The maximum atomic E-state index is 14.8. The summed E-state index contributed by atoms with van der Waals surface area (Å²) in [6, 6.07) is 4.10. The van der Waals surface area contributed by atoms with Gasteiger partial charge in [0.25, 0.3) is 11.5 Å². The van der Waals surface area contributed by atoms with E-state index in [0.717, 1.165) is 24.0 Å². The zero-order chi connectivity index (χ0) is 22.8. The minimum absolute atomic E-state index is 0.0709. The van der Waals surface area contributed by atoms with E-state index < -0.39 is 34.4 Å². The van der Waals surface area contributed by atoms with Crippen molar-refractivity contribution in [2.75, 3.05) is 31.5 Å². The number of hydrogen-bond donors (Lipinski definition) is 3. The third-order valence-corrected chi connectivity index (χ3v) is 5.65. The molecule has 1 amide bonds. The SMILES string of the molecule is CCCCNCC1(O)CN(C(=O)c2cn(C)c(=O)c(F)c2Nc2ccc(Br)cc2F)C1. The highest BCUT2D eigenvalue weighted by atomic mass is 79.9. The molecule has 0 atom stereocenters. The summed E-state index contributed by atoms with van der Waals surface area (Å²) in [5.41, 5.74) is -2.61. The first-order valence-corrected chi connectivity index (χ1v) is 10.8. The Morgan fingerprint density at radius 1 is 1.32 bits per heavy atom. The van der Waals surface area contributed by atoms with E-state index in [0.29, 0.717) is 11.0 Å². The molecule has 0 saturated carbocycles. The van der Waals surface area contributed by atoms with Gasteiger partial charge in [-0.15, -0.1) is 0 Å². The lowest BCUT2D eigenvalue weighted by Gasteiger charge is -2.46. The van der Waals surface area contributed by atoms with Gasteiger partial charge in [0.2, 0.25) is 5.82 Å². The monoisotopic (exact) mass is 498 g/mol. The van der Waals surface area contributed by atoms with Gasteiger partial charge in [0, 0.05) is 24.3 Å². The fourth-order valence-corrected chi connectivity index (χ4v) is 3.75. The van der Waals surface area contributed by atoms with Gasteiger partial charge >= 0.3 is 0 Å². The molecular weight excluding hydrogens is 474 g/mol. The molecule has 0 aliphatic carbocycles. The van der Waals surface area contributed by atoms with Gasteiger partial charge in [0.15, 0.2) is 0 Å². The molecule has 0 unspecified atom stereocenters. The van der Waals surface area contributed by atoms with Crippen LogP contribution in [0.3, 0.4) is 0 Å². The molecule has 1 aromatic heterocycles. The molecule has 0 spiro atoms. The van der Waals surface area contributed by atoms with Gasteiger partial charge in [0.05, 0.1) is 30.0 Å². The zero-order valence-electron chi connectivity index (χ0n) is 17.3. The van der Waals surface area contributed by atoms with E-state index in [-0.39, 0.29) is 24.3 Å². The number of aryl methyl sites for hydroxylation is 1. The quantitative estimate of drug-likeness (QED) is 0.487. The van der Waals surface area contributed by atoms with Crippen LogP contribution in [0, 0.1) is 11.6 Å². The second-order valence-electron chi connectivity index (χ2n) is 7.81. The molecule has 1 aromatic carbocycles. The summed E-state index contributed by atoms with van der Waals surface area (Å²) in [5, 5.41) is 16.2. The largest absolute Gasteiger partial charge is 0.385 e. The van der Waals surface area contributed by atoms with Crippen molar-refractivity contribution >= 4 is 33.2 Å². The molecule has 2 heterocycles. The summed E-state index contributed by atoms with van der Waals surface area (Å²) in [4.78, 5) is 26.5. The van der Waals surface area contributed by atoms with E-state index in [1.807, 2.05) is 0 Å². The second kappa shape index (κ2) is 9.46. The molecule has 0 bridgehead atoms. The number of aromatic nitrogens is 1. The Hall–Kier alpha value is -2.30. The summed E-state index contributed by atoms with van der Waals surface area (Å²) in [5.74, 6) is -2.43. The summed E-state index contributed by atoms with van der Waals surface area (Å²) < 4.78 is 30.5. The van der Waals surface area contributed by atoms with Crippen molar-refractivity contribution in [3.63, 3.8) is 0 Å². The molecule has 31 heavy (non-hydrogen) atoms. The molecule has 10 heteroatoms. The second-order valence-corrected chi connectivity index (χ2v) is 8.73. The summed E-state index contributed by atoms with van der Waals surface area (Å²) >= 11 is 3.14. The van der Waals surface area contributed by atoms with E-state index in [9.17, 15) is 23.5 Å². The minimum Gasteiger partial charge on any atom is -0.385 e. The number of amides is 1. The fraction of sp³-hybridized carbons (Fsp3) is 0.429. The van der Waals surface area contributed by atoms with E-state index in [2.05, 4.69) is 33.5 Å². The number of nitrogens with zero attached hydrogens (tertiary/aromatic N) is 2. The van der Waals surface area contributed by atoms with Crippen LogP contribution in [0.25, 0.3) is 0 Å². The lowest BCUT2D eigenvalue weighted by molar-refractivity contribution is -0.0784. The predicted molar refractivity (Wildman–Crippen MR) is 118 cm³/mol. The van der Waals surface area contributed by atoms with Crippen LogP contribution < -0.4 is 16.2 Å². The Labute approximate surface area is 187 Å². The first-order chi connectivity index (χ1) is 14.6. The van der Waals surface area contributed by atoms with Crippen molar-refractivity contribution in [2.45, 2.75) is 25.4 Å². The van der Waals surface area contributed by atoms with Gasteiger partial charge in [0.1, 0.15) is 11.4 Å². The number of benzene rings is 1. The zero-order valence-corrected chi connectivity index (χ0v) is 18.9. The number of unbranched alkanes of at least 4 members (excludes halogenated alkanes) is 1. The standard InChI is InChI=1S/C21H25BrF2N4O3/c1-3-4-7-25-10-21(31)11-28(12-21)19(29)14-9-27(2)20(30)17(24)18(14)26-16-6-5-13(22)8-15(16)23/h5-6,8-9,25-26,31H,3-4,7,10-12H2,1-2H3. The van der Waals surface area contributed by atoms with E-state index in [1.165, 1.54) is 30.3 Å². The normalized spacial score (nSPS) is 15.0. The molecule has 2 aromatic rings. The summed E-state index contributed by atoms with van der Waals surface area (Å²) in [7, 11) is 1.33. The van der Waals surface area contributed by atoms with Gasteiger partial charge < -0.3 is 25.2 Å². The fourth-order valence-electron chi connectivity index (χ4n) is 3.42. The van der Waals surface area contributed by atoms with Crippen LogP contribution in [-0.4, -0.2) is 52.3 Å². The van der Waals surface area contributed by atoms with Crippen LogP contribution in [0.15, 0.2) is 33.7 Å². The smallest absolute Gasteiger partial charge is 0.288 e. The van der Waals surface area contributed by atoms with Crippen LogP contribution in [0.4, 0.5) is 20.2 Å². The Balaban J connectivity index is 1.82. The number of likely N-dealkylation sites (tertiary alicyclic amines) is 1. The molecule has 1 fully saturated rings. The van der Waals surface area contributed by atoms with Gasteiger partial charge in [-0.1, -0.05) is 29.3 Å². The minimum atomic E-state index is -1.19. The number of carbonyl (C=O) groups is 1. The topological polar surface area (TPSA) is 86.6 Å². The van der Waals surface area contributed by atoms with Crippen LogP contribution in [-0.2, 0) is 7.05 Å². The maximum Gasteiger partial charge on any atom is 0.288 e. The number of carbonyl (C=O) groups excluding carboxylic acids is 1.